The number of carbonyl (C=O) groups excluding carboxylic acids is 1. The number of guanidine groups is 1. The van der Waals surface area contributed by atoms with Crippen LogP contribution in [-0.2, 0) is 17.9 Å². The number of nitrogens with zero attached hydrogens (tertiary/aromatic N) is 3. The van der Waals surface area contributed by atoms with Crippen molar-refractivity contribution in [3.8, 4) is 5.75 Å². The van der Waals surface area contributed by atoms with Gasteiger partial charge in [-0.3, -0.25) is 9.69 Å². The normalized spacial score (nSPS) is 14.6. The summed E-state index contributed by atoms with van der Waals surface area (Å²) < 4.78 is 5.38. The van der Waals surface area contributed by atoms with Crippen LogP contribution in [0.25, 0.3) is 0 Å². The molecule has 1 aliphatic rings. The third-order valence-corrected chi connectivity index (χ3v) is 4.95. The number of primary amides is 1. The van der Waals surface area contributed by atoms with Gasteiger partial charge in [-0.15, -0.1) is 24.0 Å². The van der Waals surface area contributed by atoms with Gasteiger partial charge < -0.3 is 20.7 Å². The van der Waals surface area contributed by atoms with Gasteiger partial charge in [-0.05, 0) is 30.2 Å². The van der Waals surface area contributed by atoms with Gasteiger partial charge in [0.25, 0.3) is 5.91 Å². The molecule has 0 aromatic heterocycles. The summed E-state index contributed by atoms with van der Waals surface area (Å²) in [6, 6.07) is 18.2. The number of nitrogens with one attached hydrogen (secondary N) is 1. The Hall–Kier alpha value is -2.33. The molecule has 8 heteroatoms. The Morgan fingerprint density at radius 2 is 1.77 bits per heavy atom. The summed E-state index contributed by atoms with van der Waals surface area (Å²) in [6.45, 7) is 8.22. The monoisotopic (exact) mass is 537 g/mol. The molecule has 0 unspecified atom stereocenters. The zero-order chi connectivity index (χ0) is 21.2. The Morgan fingerprint density at radius 3 is 2.45 bits per heavy atom. The lowest BCUT2D eigenvalue weighted by molar-refractivity contribution is -0.119. The number of hydrogen-bond donors (Lipinski definition) is 2. The van der Waals surface area contributed by atoms with Gasteiger partial charge in [0.15, 0.2) is 12.6 Å². The van der Waals surface area contributed by atoms with Crippen LogP contribution in [0.15, 0.2) is 59.6 Å². The Bertz CT molecular complexity index is 839. The first-order valence-corrected chi connectivity index (χ1v) is 10.4. The van der Waals surface area contributed by atoms with Gasteiger partial charge in [0.05, 0.1) is 6.54 Å². The highest BCUT2D eigenvalue weighted by Crippen LogP contribution is 2.14. The third-order valence-electron chi connectivity index (χ3n) is 4.95. The number of piperazine rings is 1. The molecule has 168 valence electrons. The largest absolute Gasteiger partial charge is 0.484 e. The molecule has 1 fully saturated rings. The lowest BCUT2D eigenvalue weighted by atomic mass is 10.2. The van der Waals surface area contributed by atoms with Crippen LogP contribution >= 0.6 is 24.0 Å². The third kappa shape index (κ3) is 8.37. The fourth-order valence-corrected chi connectivity index (χ4v) is 3.44. The zero-order valence-electron chi connectivity index (χ0n) is 18.0. The molecule has 0 radical (unpaired) electrons. The van der Waals surface area contributed by atoms with Gasteiger partial charge in [0.2, 0.25) is 0 Å². The van der Waals surface area contributed by atoms with Crippen molar-refractivity contribution >= 4 is 35.8 Å². The molecule has 1 heterocycles. The van der Waals surface area contributed by atoms with Gasteiger partial charge in [-0.25, -0.2) is 4.99 Å². The maximum atomic E-state index is 10.9. The smallest absolute Gasteiger partial charge is 0.255 e. The fourth-order valence-electron chi connectivity index (χ4n) is 3.44. The Balaban J connectivity index is 0.00000341. The molecule has 1 saturated heterocycles. The van der Waals surface area contributed by atoms with Crippen molar-refractivity contribution < 1.29 is 9.53 Å². The average molecular weight is 537 g/mol. The van der Waals surface area contributed by atoms with E-state index < -0.39 is 5.91 Å². The number of amides is 1. The number of nitrogens with two attached hydrogens (primary N) is 1. The molecule has 0 atom stereocenters. The minimum atomic E-state index is -0.487. The first kappa shape index (κ1) is 24.9. The summed E-state index contributed by atoms with van der Waals surface area (Å²) in [5, 5.41) is 3.41. The molecule has 1 amide bonds. The number of hydrogen-bond acceptors (Lipinski definition) is 4. The molecule has 2 aromatic rings. The van der Waals surface area contributed by atoms with Crippen LogP contribution in [0, 0.1) is 0 Å². The van der Waals surface area contributed by atoms with E-state index in [1.807, 2.05) is 24.3 Å². The molecule has 3 N–H and O–H groups in total. The second-order valence-corrected chi connectivity index (χ2v) is 7.32. The van der Waals surface area contributed by atoms with Gasteiger partial charge >= 0.3 is 0 Å². The molecular formula is C23H32IN5O2. The predicted octanol–water partition coefficient (Wildman–Crippen LogP) is 2.45. The highest BCUT2D eigenvalue weighted by Gasteiger charge is 2.19. The van der Waals surface area contributed by atoms with Crippen LogP contribution in [0.4, 0.5) is 0 Å². The molecule has 7 nitrogen and oxygen atoms in total. The molecule has 3 rings (SSSR count). The first-order valence-electron chi connectivity index (χ1n) is 10.4. The summed E-state index contributed by atoms with van der Waals surface area (Å²) in [7, 11) is 0. The molecule has 1 aliphatic heterocycles. The van der Waals surface area contributed by atoms with Crippen LogP contribution in [0.3, 0.4) is 0 Å². The maximum absolute atomic E-state index is 10.9. The quantitative estimate of drug-likeness (QED) is 0.307. The predicted molar refractivity (Wildman–Crippen MR) is 135 cm³/mol. The van der Waals surface area contributed by atoms with Crippen LogP contribution < -0.4 is 15.8 Å². The van der Waals surface area contributed by atoms with Crippen molar-refractivity contribution in [1.29, 1.82) is 0 Å². The van der Waals surface area contributed by atoms with E-state index in [-0.39, 0.29) is 30.6 Å². The number of ether oxygens (including phenoxy) is 1. The summed E-state index contributed by atoms with van der Waals surface area (Å²) >= 11 is 0. The molecule has 0 bridgehead atoms. The van der Waals surface area contributed by atoms with E-state index >= 15 is 0 Å². The molecule has 0 spiro atoms. The number of benzene rings is 2. The summed E-state index contributed by atoms with van der Waals surface area (Å²) in [4.78, 5) is 20.5. The standard InChI is InChI=1S/C23H31N5O2.HI/c1-2-25-23(26-16-20-9-6-10-21(15-20)30-18-22(24)29)28-13-11-27(12-14-28)17-19-7-4-3-5-8-19;/h3-10,15H,2,11-14,16-18H2,1H3,(H2,24,29)(H,25,26);1H. The highest BCUT2D eigenvalue weighted by atomic mass is 127. The second kappa shape index (κ2) is 13.2. The second-order valence-electron chi connectivity index (χ2n) is 7.32. The van der Waals surface area contributed by atoms with Crippen LogP contribution in [0.1, 0.15) is 18.1 Å². The van der Waals surface area contributed by atoms with E-state index in [0.29, 0.717) is 12.3 Å². The SMILES string of the molecule is CCNC(=NCc1cccc(OCC(N)=O)c1)N1CCN(Cc2ccccc2)CC1.I. The van der Waals surface area contributed by atoms with Gasteiger partial charge in [-0.1, -0.05) is 42.5 Å². The van der Waals surface area contributed by atoms with Crippen molar-refractivity contribution in [2.24, 2.45) is 10.7 Å². The number of halogens is 1. The topological polar surface area (TPSA) is 83.2 Å². The van der Waals surface area contributed by atoms with Crippen molar-refractivity contribution in [3.05, 3.63) is 65.7 Å². The maximum Gasteiger partial charge on any atom is 0.255 e. The van der Waals surface area contributed by atoms with Gasteiger partial charge in [-0.2, -0.15) is 0 Å². The zero-order valence-corrected chi connectivity index (χ0v) is 20.3. The van der Waals surface area contributed by atoms with Crippen molar-refractivity contribution in [2.45, 2.75) is 20.0 Å². The molecule has 31 heavy (non-hydrogen) atoms. The van der Waals surface area contributed by atoms with E-state index in [1.54, 1.807) is 0 Å². The van der Waals surface area contributed by atoms with E-state index in [1.165, 1.54) is 5.56 Å². The Labute approximate surface area is 201 Å². The lowest BCUT2D eigenvalue weighted by Gasteiger charge is -2.36. The van der Waals surface area contributed by atoms with Crippen LogP contribution in [-0.4, -0.2) is 61.0 Å². The van der Waals surface area contributed by atoms with Crippen molar-refractivity contribution in [3.63, 3.8) is 0 Å². The number of carbonyl (C=O) groups is 1. The molecule has 0 aliphatic carbocycles. The Kier molecular flexibility index (Phi) is 10.6. The van der Waals surface area contributed by atoms with Gasteiger partial charge in [0, 0.05) is 39.3 Å². The molecular weight excluding hydrogens is 505 g/mol. The van der Waals surface area contributed by atoms with Gasteiger partial charge in [0.1, 0.15) is 5.75 Å². The minimum absolute atomic E-state index is 0. The van der Waals surface area contributed by atoms with Crippen molar-refractivity contribution in [2.75, 3.05) is 39.3 Å². The molecule has 0 saturated carbocycles. The van der Waals surface area contributed by atoms with E-state index in [0.717, 1.165) is 50.8 Å². The van der Waals surface area contributed by atoms with Crippen LogP contribution in [0.5, 0.6) is 5.75 Å². The summed E-state index contributed by atoms with van der Waals surface area (Å²) in [5.41, 5.74) is 7.52. The fraction of sp³-hybridized carbons (Fsp3) is 0.391. The number of rotatable bonds is 8. The lowest BCUT2D eigenvalue weighted by Crippen LogP contribution is -2.52. The highest BCUT2D eigenvalue weighted by molar-refractivity contribution is 14.0. The Morgan fingerprint density at radius 1 is 1.06 bits per heavy atom. The van der Waals surface area contributed by atoms with Crippen molar-refractivity contribution in [1.82, 2.24) is 15.1 Å². The summed E-state index contributed by atoms with van der Waals surface area (Å²) in [5.74, 6) is 1.07. The van der Waals surface area contributed by atoms with Crippen LogP contribution in [0.2, 0.25) is 0 Å². The van der Waals surface area contributed by atoms with E-state index in [4.69, 9.17) is 15.5 Å². The minimum Gasteiger partial charge on any atom is -0.484 e. The van der Waals surface area contributed by atoms with E-state index in [2.05, 4.69) is 52.4 Å². The first-order chi connectivity index (χ1) is 14.6. The molecule has 2 aromatic carbocycles. The average Bonchev–Trinajstić information content (AvgIpc) is 2.77. The summed E-state index contributed by atoms with van der Waals surface area (Å²) in [6.07, 6.45) is 0. The van der Waals surface area contributed by atoms with E-state index in [9.17, 15) is 4.79 Å². The number of aliphatic imine (C=N–C) groups is 1.